The summed E-state index contributed by atoms with van der Waals surface area (Å²) in [5, 5.41) is 11.6. The van der Waals surface area contributed by atoms with E-state index in [0.29, 0.717) is 11.5 Å². The topological polar surface area (TPSA) is 148 Å². The number of halogens is 1. The van der Waals surface area contributed by atoms with Gasteiger partial charge >= 0.3 is 0 Å². The zero-order valence-electron chi connectivity index (χ0n) is 17.7. The summed E-state index contributed by atoms with van der Waals surface area (Å²) in [6.45, 7) is 0. The Morgan fingerprint density at radius 2 is 1.68 bits per heavy atom. The lowest BCUT2D eigenvalue weighted by Gasteiger charge is -2.19. The number of rotatable bonds is 4. The van der Waals surface area contributed by atoms with E-state index in [-0.39, 0.29) is 61.9 Å². The number of ketones is 2. The van der Waals surface area contributed by atoms with Crippen LogP contribution in [0.2, 0.25) is 5.02 Å². The molecule has 0 amide bonds. The molecule has 10 nitrogen and oxygen atoms in total. The van der Waals surface area contributed by atoms with Gasteiger partial charge in [-0.25, -0.2) is 15.0 Å². The molecule has 166 valence electrons. The molecule has 4 aromatic rings. The van der Waals surface area contributed by atoms with Gasteiger partial charge in [0.15, 0.2) is 34.7 Å². The van der Waals surface area contributed by atoms with E-state index < -0.39 is 0 Å². The first-order valence-corrected chi connectivity index (χ1v) is 10.4. The Balaban J connectivity index is 1.58. The van der Waals surface area contributed by atoms with Crippen LogP contribution in [0.3, 0.4) is 0 Å². The summed E-state index contributed by atoms with van der Waals surface area (Å²) in [5.74, 6) is -0.0911. The number of fused-ring (bicyclic) bond motifs is 2. The number of nitrogen functional groups attached to an aromatic ring is 1. The lowest BCUT2D eigenvalue weighted by Crippen LogP contribution is -2.21. The van der Waals surface area contributed by atoms with Gasteiger partial charge in [-0.1, -0.05) is 35.9 Å². The summed E-state index contributed by atoms with van der Waals surface area (Å²) in [5.41, 5.74) is 7.72. The van der Waals surface area contributed by atoms with Crippen molar-refractivity contribution in [1.82, 2.24) is 19.9 Å². The van der Waals surface area contributed by atoms with E-state index in [1.165, 1.54) is 18.6 Å². The maximum atomic E-state index is 13.2. The summed E-state index contributed by atoms with van der Waals surface area (Å²) in [6, 6.07) is 9.54. The molecule has 0 fully saturated rings. The van der Waals surface area contributed by atoms with E-state index in [1.54, 1.807) is 43.4 Å². The van der Waals surface area contributed by atoms with Crippen LogP contribution in [0.5, 0.6) is 0 Å². The maximum Gasteiger partial charge on any atom is 0.196 e. The molecule has 0 bridgehead atoms. The summed E-state index contributed by atoms with van der Waals surface area (Å²) >= 11 is 6.20. The molecular formula is C23H15ClN8O2. The van der Waals surface area contributed by atoms with Crippen LogP contribution in [0.15, 0.2) is 65.2 Å². The van der Waals surface area contributed by atoms with Gasteiger partial charge in [0.25, 0.3) is 0 Å². The predicted molar refractivity (Wildman–Crippen MR) is 126 cm³/mol. The fraction of sp³-hybridized carbons (Fsp3) is 0.0435. The van der Waals surface area contributed by atoms with Gasteiger partial charge < -0.3 is 11.1 Å². The minimum Gasteiger partial charge on any atom is -0.382 e. The van der Waals surface area contributed by atoms with E-state index in [0.717, 1.165) is 0 Å². The average Bonchev–Trinajstić information content (AvgIpc) is 2.86. The van der Waals surface area contributed by atoms with Gasteiger partial charge in [0.05, 0.1) is 28.0 Å². The third-order valence-corrected chi connectivity index (χ3v) is 5.51. The highest BCUT2D eigenvalue weighted by molar-refractivity contribution is 6.39. The third kappa shape index (κ3) is 3.46. The molecule has 5 rings (SSSR count). The lowest BCUT2D eigenvalue weighted by molar-refractivity contribution is 0.0979. The SMILES string of the molecule is CNc1nc(-c2cnccn2)nc(N)c1/N=N/c1cccc2c1C(=O)c1cccc(Cl)c1C2=O. The van der Waals surface area contributed by atoms with E-state index >= 15 is 0 Å². The number of benzene rings is 2. The van der Waals surface area contributed by atoms with Gasteiger partial charge in [-0.3, -0.25) is 14.6 Å². The number of nitrogens with one attached hydrogen (secondary N) is 1. The molecule has 1 aliphatic rings. The minimum atomic E-state index is -0.363. The number of azo groups is 1. The fourth-order valence-corrected chi connectivity index (χ4v) is 3.90. The van der Waals surface area contributed by atoms with Crippen LogP contribution in [-0.2, 0) is 0 Å². The summed E-state index contributed by atoms with van der Waals surface area (Å²) < 4.78 is 0. The minimum absolute atomic E-state index is 0.0492. The predicted octanol–water partition coefficient (Wildman–Crippen LogP) is 4.40. The van der Waals surface area contributed by atoms with Crippen LogP contribution in [0.1, 0.15) is 31.8 Å². The molecule has 0 spiro atoms. The normalized spacial score (nSPS) is 12.5. The first kappa shape index (κ1) is 21.3. The van der Waals surface area contributed by atoms with Crippen molar-refractivity contribution < 1.29 is 9.59 Å². The van der Waals surface area contributed by atoms with E-state index in [1.807, 2.05) is 0 Å². The monoisotopic (exact) mass is 470 g/mol. The molecule has 0 saturated carbocycles. The molecule has 34 heavy (non-hydrogen) atoms. The second-order valence-corrected chi connectivity index (χ2v) is 7.60. The first-order chi connectivity index (χ1) is 16.5. The Hall–Kier alpha value is -4.57. The summed E-state index contributed by atoms with van der Waals surface area (Å²) in [6.07, 6.45) is 4.56. The second-order valence-electron chi connectivity index (χ2n) is 7.19. The fourth-order valence-electron chi connectivity index (χ4n) is 3.64. The summed E-state index contributed by atoms with van der Waals surface area (Å²) in [7, 11) is 1.65. The van der Waals surface area contributed by atoms with Crippen LogP contribution < -0.4 is 11.1 Å². The van der Waals surface area contributed by atoms with Gasteiger partial charge in [-0.15, -0.1) is 10.2 Å². The molecule has 2 heterocycles. The van der Waals surface area contributed by atoms with E-state index in [2.05, 4.69) is 35.5 Å². The molecule has 0 aliphatic heterocycles. The molecule has 2 aromatic carbocycles. The van der Waals surface area contributed by atoms with Gasteiger partial charge in [0.2, 0.25) is 0 Å². The standard InChI is InChI=1S/C23H15ClN8O2/c1-26-23-18(21(25)29-22(30-23)15-10-27-8-9-28-15)32-31-14-7-3-5-12-17(14)20(34)11-4-2-6-13(24)16(11)19(12)33/h2-10H,1H3,(H3,25,26,29,30)/b32-31+. The number of anilines is 2. The number of aromatic nitrogens is 4. The van der Waals surface area contributed by atoms with Crippen molar-refractivity contribution >= 4 is 46.2 Å². The number of hydrogen-bond donors (Lipinski definition) is 2. The lowest BCUT2D eigenvalue weighted by atomic mass is 9.83. The Labute approximate surface area is 198 Å². The van der Waals surface area contributed by atoms with Crippen molar-refractivity contribution in [3.05, 3.63) is 82.3 Å². The number of hydrogen-bond acceptors (Lipinski definition) is 10. The van der Waals surface area contributed by atoms with Gasteiger partial charge in [0, 0.05) is 30.6 Å². The molecule has 0 unspecified atom stereocenters. The number of nitrogens with two attached hydrogens (primary N) is 1. The Morgan fingerprint density at radius 1 is 0.941 bits per heavy atom. The number of carbonyl (C=O) groups is 2. The molecule has 1 aliphatic carbocycles. The van der Waals surface area contributed by atoms with Crippen LogP contribution in [0.4, 0.5) is 23.0 Å². The first-order valence-electron chi connectivity index (χ1n) is 10.0. The highest BCUT2D eigenvalue weighted by Gasteiger charge is 2.33. The molecule has 0 radical (unpaired) electrons. The summed E-state index contributed by atoms with van der Waals surface area (Å²) in [4.78, 5) is 43.1. The Kier molecular flexibility index (Phi) is 5.27. The van der Waals surface area contributed by atoms with Crippen LogP contribution >= 0.6 is 11.6 Å². The van der Waals surface area contributed by atoms with Gasteiger partial charge in [0.1, 0.15) is 5.69 Å². The van der Waals surface area contributed by atoms with Gasteiger partial charge in [-0.05, 0) is 12.1 Å². The zero-order chi connectivity index (χ0) is 23.8. The van der Waals surface area contributed by atoms with Crippen LogP contribution in [0, 0.1) is 0 Å². The highest BCUT2D eigenvalue weighted by Crippen LogP contribution is 2.38. The maximum absolute atomic E-state index is 13.2. The molecular weight excluding hydrogens is 456 g/mol. The number of carbonyl (C=O) groups excluding carboxylic acids is 2. The molecule has 2 aromatic heterocycles. The van der Waals surface area contributed by atoms with E-state index in [4.69, 9.17) is 17.3 Å². The molecule has 0 saturated heterocycles. The highest BCUT2D eigenvalue weighted by atomic mass is 35.5. The second kappa shape index (κ2) is 8.41. The van der Waals surface area contributed by atoms with Crippen molar-refractivity contribution in [2.24, 2.45) is 10.2 Å². The van der Waals surface area contributed by atoms with E-state index in [9.17, 15) is 9.59 Å². The van der Waals surface area contributed by atoms with Crippen LogP contribution in [-0.4, -0.2) is 38.6 Å². The molecule has 3 N–H and O–H groups in total. The largest absolute Gasteiger partial charge is 0.382 e. The van der Waals surface area contributed by atoms with Crippen molar-refractivity contribution in [3.8, 4) is 11.5 Å². The average molecular weight is 471 g/mol. The van der Waals surface area contributed by atoms with Crippen molar-refractivity contribution in [3.63, 3.8) is 0 Å². The third-order valence-electron chi connectivity index (χ3n) is 5.20. The number of nitrogens with zero attached hydrogens (tertiary/aromatic N) is 6. The Morgan fingerprint density at radius 3 is 2.41 bits per heavy atom. The smallest absolute Gasteiger partial charge is 0.196 e. The van der Waals surface area contributed by atoms with Crippen LogP contribution in [0.25, 0.3) is 11.5 Å². The Bertz CT molecular complexity index is 1500. The van der Waals surface area contributed by atoms with Crippen molar-refractivity contribution in [2.75, 3.05) is 18.1 Å². The quantitative estimate of drug-likeness (QED) is 0.367. The molecule has 0 atom stereocenters. The zero-order valence-corrected chi connectivity index (χ0v) is 18.4. The molecule has 11 heteroatoms. The van der Waals surface area contributed by atoms with Crippen molar-refractivity contribution in [1.29, 1.82) is 0 Å². The van der Waals surface area contributed by atoms with Crippen molar-refractivity contribution in [2.45, 2.75) is 0 Å². The van der Waals surface area contributed by atoms with Gasteiger partial charge in [-0.2, -0.15) is 0 Å².